The number of likely N-dealkylation sites (N-methyl/N-ethyl adjacent to an activating group) is 1. The highest BCUT2D eigenvalue weighted by Gasteiger charge is 2.29. The summed E-state index contributed by atoms with van der Waals surface area (Å²) in [6.07, 6.45) is 4.24. The van der Waals surface area contributed by atoms with Crippen LogP contribution in [0.2, 0.25) is 0 Å². The zero-order valence-electron chi connectivity index (χ0n) is 15.5. The molecule has 0 radical (unpaired) electrons. The average Bonchev–Trinajstić information content (AvgIpc) is 2.61. The van der Waals surface area contributed by atoms with Gasteiger partial charge in [0.05, 0.1) is 9.82 Å². The number of nitro groups is 1. The molecular formula is C17H28N4O4S. The third-order valence-electron chi connectivity index (χ3n) is 4.61. The highest BCUT2D eigenvalue weighted by Crippen LogP contribution is 2.29. The first-order valence-electron chi connectivity index (χ1n) is 9.07. The molecule has 1 aliphatic heterocycles. The largest absolute Gasteiger partial charge is 0.379 e. The number of unbranched alkanes of at least 4 members (excludes halogenated alkanes) is 3. The third kappa shape index (κ3) is 5.15. The molecule has 0 bridgehead atoms. The van der Waals surface area contributed by atoms with Crippen LogP contribution in [0.5, 0.6) is 0 Å². The van der Waals surface area contributed by atoms with E-state index in [9.17, 15) is 18.5 Å². The molecular weight excluding hydrogens is 356 g/mol. The lowest BCUT2D eigenvalue weighted by Gasteiger charge is -2.31. The van der Waals surface area contributed by atoms with Crippen molar-refractivity contribution in [1.29, 1.82) is 0 Å². The second kappa shape index (κ2) is 9.29. The topological polar surface area (TPSA) is 95.8 Å². The summed E-state index contributed by atoms with van der Waals surface area (Å²) in [6, 6.07) is 4.12. The van der Waals surface area contributed by atoms with E-state index in [0.717, 1.165) is 25.7 Å². The Hall–Kier alpha value is -1.71. The predicted molar refractivity (Wildman–Crippen MR) is 102 cm³/mol. The quantitative estimate of drug-likeness (QED) is 0.399. The maximum absolute atomic E-state index is 12.8. The lowest BCUT2D eigenvalue weighted by molar-refractivity contribution is -0.384. The number of nitro benzene ring substituents is 1. The van der Waals surface area contributed by atoms with E-state index in [1.54, 1.807) is 0 Å². The van der Waals surface area contributed by atoms with E-state index >= 15 is 0 Å². The van der Waals surface area contributed by atoms with Gasteiger partial charge in [-0.05, 0) is 25.6 Å². The van der Waals surface area contributed by atoms with Crippen molar-refractivity contribution in [1.82, 2.24) is 9.21 Å². The lowest BCUT2D eigenvalue weighted by atomic mass is 10.2. The molecule has 1 aromatic rings. The van der Waals surface area contributed by atoms with E-state index in [1.807, 2.05) is 7.05 Å². The van der Waals surface area contributed by atoms with E-state index in [1.165, 1.54) is 22.5 Å². The zero-order chi connectivity index (χ0) is 19.2. The fraction of sp³-hybridized carbons (Fsp3) is 0.647. The SMILES string of the molecule is CCCCCCNc1ccc(S(=O)(=O)N2CCN(C)CC2)cc1[N+](=O)[O-]. The van der Waals surface area contributed by atoms with Gasteiger partial charge in [0.2, 0.25) is 10.0 Å². The minimum atomic E-state index is -3.72. The van der Waals surface area contributed by atoms with Crippen LogP contribution in [-0.4, -0.2) is 62.3 Å². The first-order chi connectivity index (χ1) is 12.4. The van der Waals surface area contributed by atoms with Crippen molar-refractivity contribution in [2.75, 3.05) is 45.1 Å². The van der Waals surface area contributed by atoms with Crippen LogP contribution in [0.3, 0.4) is 0 Å². The summed E-state index contributed by atoms with van der Waals surface area (Å²) < 4.78 is 26.9. The summed E-state index contributed by atoms with van der Waals surface area (Å²) >= 11 is 0. The van der Waals surface area contributed by atoms with Crippen LogP contribution in [0.4, 0.5) is 11.4 Å². The number of anilines is 1. The van der Waals surface area contributed by atoms with Crippen molar-refractivity contribution in [3.63, 3.8) is 0 Å². The number of piperazine rings is 1. The number of sulfonamides is 1. The van der Waals surface area contributed by atoms with E-state index in [2.05, 4.69) is 17.1 Å². The highest BCUT2D eigenvalue weighted by molar-refractivity contribution is 7.89. The van der Waals surface area contributed by atoms with E-state index in [-0.39, 0.29) is 10.6 Å². The monoisotopic (exact) mass is 384 g/mol. The molecule has 0 atom stereocenters. The number of benzene rings is 1. The van der Waals surface area contributed by atoms with Crippen molar-refractivity contribution >= 4 is 21.4 Å². The molecule has 1 saturated heterocycles. The summed E-state index contributed by atoms with van der Waals surface area (Å²) in [5, 5.41) is 14.5. The molecule has 8 nitrogen and oxygen atoms in total. The molecule has 2 rings (SSSR count). The minimum absolute atomic E-state index is 0.0229. The predicted octanol–water partition coefficient (Wildman–Crippen LogP) is 2.52. The highest BCUT2D eigenvalue weighted by atomic mass is 32.2. The standard InChI is InChI=1S/C17H28N4O4S/c1-3-4-5-6-9-18-16-8-7-15(14-17(16)21(22)23)26(24,25)20-12-10-19(2)11-13-20/h7-8,14,18H,3-6,9-13H2,1-2H3. The van der Waals surface area contributed by atoms with Gasteiger partial charge in [0.15, 0.2) is 0 Å². The van der Waals surface area contributed by atoms with Crippen molar-refractivity contribution in [2.24, 2.45) is 0 Å². The first-order valence-corrected chi connectivity index (χ1v) is 10.5. The van der Waals surface area contributed by atoms with Gasteiger partial charge < -0.3 is 10.2 Å². The van der Waals surface area contributed by atoms with Crippen LogP contribution in [0.25, 0.3) is 0 Å². The van der Waals surface area contributed by atoms with E-state index in [0.29, 0.717) is 38.4 Å². The number of nitrogens with one attached hydrogen (secondary N) is 1. The van der Waals surface area contributed by atoms with Crippen LogP contribution < -0.4 is 5.32 Å². The number of hydrogen-bond donors (Lipinski definition) is 1. The Kier molecular flexibility index (Phi) is 7.36. The van der Waals surface area contributed by atoms with Crippen LogP contribution in [-0.2, 0) is 10.0 Å². The van der Waals surface area contributed by atoms with Gasteiger partial charge in [0, 0.05) is 38.8 Å². The molecule has 1 heterocycles. The zero-order valence-corrected chi connectivity index (χ0v) is 16.3. The van der Waals surface area contributed by atoms with Gasteiger partial charge in [-0.3, -0.25) is 10.1 Å². The van der Waals surface area contributed by atoms with E-state index < -0.39 is 14.9 Å². The van der Waals surface area contributed by atoms with Gasteiger partial charge in [0.25, 0.3) is 5.69 Å². The molecule has 0 aromatic heterocycles. The Morgan fingerprint density at radius 2 is 1.85 bits per heavy atom. The molecule has 1 aliphatic rings. The summed E-state index contributed by atoms with van der Waals surface area (Å²) in [7, 11) is -1.78. The Balaban J connectivity index is 2.15. The maximum atomic E-state index is 12.8. The molecule has 1 fully saturated rings. The minimum Gasteiger partial charge on any atom is -0.379 e. The summed E-state index contributed by atoms with van der Waals surface area (Å²) in [5.74, 6) is 0. The van der Waals surface area contributed by atoms with E-state index in [4.69, 9.17) is 0 Å². The summed E-state index contributed by atoms with van der Waals surface area (Å²) in [4.78, 5) is 12.9. The van der Waals surface area contributed by atoms with Gasteiger partial charge in [0.1, 0.15) is 5.69 Å². The molecule has 9 heteroatoms. The summed E-state index contributed by atoms with van der Waals surface area (Å²) in [6.45, 7) is 4.84. The van der Waals surface area contributed by atoms with Crippen molar-refractivity contribution in [3.05, 3.63) is 28.3 Å². The second-order valence-electron chi connectivity index (χ2n) is 6.63. The molecule has 26 heavy (non-hydrogen) atoms. The number of rotatable bonds is 9. The Labute approximate surface area is 155 Å². The molecule has 0 spiro atoms. The Bertz CT molecular complexity index is 715. The lowest BCUT2D eigenvalue weighted by Crippen LogP contribution is -2.47. The van der Waals surface area contributed by atoms with Gasteiger partial charge in [-0.2, -0.15) is 4.31 Å². The van der Waals surface area contributed by atoms with Gasteiger partial charge in [-0.1, -0.05) is 26.2 Å². The van der Waals surface area contributed by atoms with Crippen molar-refractivity contribution in [2.45, 2.75) is 37.5 Å². The van der Waals surface area contributed by atoms with Crippen LogP contribution in [0.1, 0.15) is 32.6 Å². The molecule has 0 aliphatic carbocycles. The molecule has 1 N–H and O–H groups in total. The Morgan fingerprint density at radius 3 is 2.46 bits per heavy atom. The number of nitrogens with zero attached hydrogens (tertiary/aromatic N) is 3. The first kappa shape index (κ1) is 20.6. The maximum Gasteiger partial charge on any atom is 0.293 e. The molecule has 0 saturated carbocycles. The van der Waals surface area contributed by atoms with Gasteiger partial charge in [-0.15, -0.1) is 0 Å². The molecule has 1 aromatic carbocycles. The molecule has 146 valence electrons. The van der Waals surface area contributed by atoms with Crippen LogP contribution >= 0.6 is 0 Å². The van der Waals surface area contributed by atoms with Crippen molar-refractivity contribution in [3.8, 4) is 0 Å². The normalized spacial score (nSPS) is 16.5. The second-order valence-corrected chi connectivity index (χ2v) is 8.57. The average molecular weight is 385 g/mol. The number of hydrogen-bond acceptors (Lipinski definition) is 6. The fourth-order valence-electron chi connectivity index (χ4n) is 2.92. The van der Waals surface area contributed by atoms with Crippen molar-refractivity contribution < 1.29 is 13.3 Å². The van der Waals surface area contributed by atoms with Gasteiger partial charge >= 0.3 is 0 Å². The Morgan fingerprint density at radius 1 is 1.15 bits per heavy atom. The summed E-state index contributed by atoms with van der Waals surface area (Å²) in [5.41, 5.74) is 0.166. The van der Waals surface area contributed by atoms with Gasteiger partial charge in [-0.25, -0.2) is 8.42 Å². The van der Waals surface area contributed by atoms with Crippen LogP contribution in [0, 0.1) is 10.1 Å². The molecule has 0 amide bonds. The smallest absolute Gasteiger partial charge is 0.293 e. The molecule has 0 unspecified atom stereocenters. The third-order valence-corrected chi connectivity index (χ3v) is 6.51. The van der Waals surface area contributed by atoms with Crippen LogP contribution in [0.15, 0.2) is 23.1 Å². The fourth-order valence-corrected chi connectivity index (χ4v) is 4.37.